The molecule has 1 fully saturated rings. The number of halogens is 1. The second-order valence-corrected chi connectivity index (χ2v) is 8.10. The van der Waals surface area contributed by atoms with Crippen LogP contribution in [0.1, 0.15) is 11.1 Å². The van der Waals surface area contributed by atoms with Crippen LogP contribution in [-0.4, -0.2) is 29.0 Å². The third kappa shape index (κ3) is 3.96. The van der Waals surface area contributed by atoms with E-state index in [4.69, 9.17) is 11.6 Å². The van der Waals surface area contributed by atoms with Gasteiger partial charge in [-0.1, -0.05) is 23.7 Å². The van der Waals surface area contributed by atoms with Crippen LogP contribution >= 0.6 is 22.9 Å². The number of anilines is 1. The van der Waals surface area contributed by atoms with Gasteiger partial charge in [0, 0.05) is 48.6 Å². The fourth-order valence-electron chi connectivity index (χ4n) is 3.39. The highest BCUT2D eigenvalue weighted by Gasteiger charge is 2.49. The Bertz CT molecular complexity index is 894. The minimum Gasteiger partial charge on any atom is -0.351 e. The molecule has 7 heteroatoms. The molecule has 1 aliphatic heterocycles. The molecule has 27 heavy (non-hydrogen) atoms. The second kappa shape index (κ2) is 7.66. The fourth-order valence-corrected chi connectivity index (χ4v) is 4.16. The number of hydrogen-bond donors (Lipinski definition) is 1. The highest BCUT2D eigenvalue weighted by Crippen LogP contribution is 2.38. The van der Waals surface area contributed by atoms with E-state index in [2.05, 4.69) is 20.2 Å². The molecule has 0 bridgehead atoms. The molecule has 1 amide bonds. The summed E-state index contributed by atoms with van der Waals surface area (Å²) in [4.78, 5) is 23.6. The van der Waals surface area contributed by atoms with Crippen molar-refractivity contribution in [3.63, 3.8) is 0 Å². The lowest BCUT2D eigenvalue weighted by Crippen LogP contribution is -2.64. The van der Waals surface area contributed by atoms with Crippen molar-refractivity contribution in [2.75, 3.05) is 18.0 Å². The summed E-state index contributed by atoms with van der Waals surface area (Å²) in [5, 5.41) is 6.72. The van der Waals surface area contributed by atoms with Crippen molar-refractivity contribution in [1.29, 1.82) is 0 Å². The molecule has 0 radical (unpaired) electrons. The lowest BCUT2D eigenvalue weighted by molar-refractivity contribution is -0.132. The summed E-state index contributed by atoms with van der Waals surface area (Å²) >= 11 is 7.60. The van der Waals surface area contributed by atoms with Crippen LogP contribution in [0.3, 0.4) is 0 Å². The molecule has 2 aromatic heterocycles. The zero-order valence-electron chi connectivity index (χ0n) is 14.6. The number of thiazole rings is 1. The third-order valence-electron chi connectivity index (χ3n) is 4.82. The quantitative estimate of drug-likeness (QED) is 0.689. The Balaban J connectivity index is 1.49. The van der Waals surface area contributed by atoms with Crippen LogP contribution in [0.2, 0.25) is 5.02 Å². The van der Waals surface area contributed by atoms with E-state index in [0.29, 0.717) is 31.1 Å². The topological polar surface area (TPSA) is 58.1 Å². The first-order valence-electron chi connectivity index (χ1n) is 8.71. The summed E-state index contributed by atoms with van der Waals surface area (Å²) in [7, 11) is 0. The molecule has 138 valence electrons. The maximum absolute atomic E-state index is 13.1. The fraction of sp³-hybridized carbons (Fsp3) is 0.250. The van der Waals surface area contributed by atoms with E-state index in [0.717, 1.165) is 16.3 Å². The van der Waals surface area contributed by atoms with Crippen molar-refractivity contribution in [1.82, 2.24) is 15.3 Å². The minimum absolute atomic E-state index is 0.0714. The van der Waals surface area contributed by atoms with Crippen LogP contribution in [0.25, 0.3) is 0 Å². The second-order valence-electron chi connectivity index (χ2n) is 6.79. The Hall–Kier alpha value is -2.44. The molecular formula is C20H19ClN4OS. The summed E-state index contributed by atoms with van der Waals surface area (Å²) in [5.41, 5.74) is 1.68. The number of carbonyl (C=O) groups excluding carboxylic acids is 1. The standard InChI is InChI=1S/C20H19ClN4OS/c21-17-3-1-15(2-4-17)11-20(13-25(14-20)19-23-9-10-27-19)18(26)24-12-16-5-7-22-8-6-16/h1-10H,11-14H2,(H,24,26). The molecule has 0 spiro atoms. The van der Waals surface area contributed by atoms with Crippen molar-refractivity contribution in [2.24, 2.45) is 5.41 Å². The smallest absolute Gasteiger partial charge is 0.230 e. The number of nitrogens with one attached hydrogen (secondary N) is 1. The lowest BCUT2D eigenvalue weighted by Gasteiger charge is -2.49. The van der Waals surface area contributed by atoms with E-state index >= 15 is 0 Å². The van der Waals surface area contributed by atoms with Gasteiger partial charge >= 0.3 is 0 Å². The SMILES string of the molecule is O=C(NCc1ccncc1)C1(Cc2ccc(Cl)cc2)CN(c2nccs2)C1. The van der Waals surface area contributed by atoms with E-state index in [1.807, 2.05) is 41.8 Å². The number of benzene rings is 1. The zero-order valence-corrected chi connectivity index (χ0v) is 16.2. The van der Waals surface area contributed by atoms with Gasteiger partial charge in [0.05, 0.1) is 5.41 Å². The number of hydrogen-bond acceptors (Lipinski definition) is 5. The molecule has 0 saturated carbocycles. The average Bonchev–Trinajstić information content (AvgIpc) is 3.19. The molecule has 3 aromatic rings. The van der Waals surface area contributed by atoms with E-state index in [-0.39, 0.29) is 5.91 Å². The van der Waals surface area contributed by atoms with Crippen molar-refractivity contribution >= 4 is 34.0 Å². The molecule has 0 unspecified atom stereocenters. The summed E-state index contributed by atoms with van der Waals surface area (Å²) in [6.07, 6.45) is 5.94. The van der Waals surface area contributed by atoms with Crippen LogP contribution in [0.4, 0.5) is 5.13 Å². The van der Waals surface area contributed by atoms with E-state index in [1.165, 1.54) is 0 Å². The van der Waals surface area contributed by atoms with Crippen molar-refractivity contribution in [3.05, 3.63) is 76.5 Å². The summed E-state index contributed by atoms with van der Waals surface area (Å²) in [6.45, 7) is 1.82. The zero-order chi connectivity index (χ0) is 18.7. The molecule has 1 N–H and O–H groups in total. The molecule has 0 aliphatic carbocycles. The predicted molar refractivity (Wildman–Crippen MR) is 108 cm³/mol. The Labute approximate surface area is 167 Å². The summed E-state index contributed by atoms with van der Waals surface area (Å²) < 4.78 is 0. The van der Waals surface area contributed by atoms with Gasteiger partial charge in [0.25, 0.3) is 0 Å². The number of carbonyl (C=O) groups is 1. The normalized spacial score (nSPS) is 15.2. The maximum atomic E-state index is 13.1. The molecule has 4 rings (SSSR count). The third-order valence-corrected chi connectivity index (χ3v) is 5.90. The molecule has 5 nitrogen and oxygen atoms in total. The van der Waals surface area contributed by atoms with Gasteiger partial charge in [0.2, 0.25) is 5.91 Å². The van der Waals surface area contributed by atoms with Crippen molar-refractivity contribution in [2.45, 2.75) is 13.0 Å². The maximum Gasteiger partial charge on any atom is 0.230 e. The van der Waals surface area contributed by atoms with Gasteiger partial charge in [-0.15, -0.1) is 11.3 Å². The molecule has 1 aliphatic rings. The van der Waals surface area contributed by atoms with Gasteiger partial charge in [-0.3, -0.25) is 9.78 Å². The largest absolute Gasteiger partial charge is 0.351 e. The van der Waals surface area contributed by atoms with E-state index in [1.54, 1.807) is 29.9 Å². The first-order valence-corrected chi connectivity index (χ1v) is 9.96. The number of nitrogens with zero attached hydrogens (tertiary/aromatic N) is 3. The van der Waals surface area contributed by atoms with Crippen LogP contribution in [0.15, 0.2) is 60.4 Å². The van der Waals surface area contributed by atoms with E-state index < -0.39 is 5.41 Å². The van der Waals surface area contributed by atoms with Crippen LogP contribution in [-0.2, 0) is 17.8 Å². The first kappa shape index (κ1) is 17.9. The first-order chi connectivity index (χ1) is 13.1. The predicted octanol–water partition coefficient (Wildman–Crippen LogP) is 3.56. The molecule has 0 atom stereocenters. The Morgan fingerprint density at radius 2 is 1.85 bits per heavy atom. The van der Waals surface area contributed by atoms with Gasteiger partial charge in [0.1, 0.15) is 0 Å². The highest BCUT2D eigenvalue weighted by molar-refractivity contribution is 7.13. The minimum atomic E-state index is -0.466. The van der Waals surface area contributed by atoms with Crippen LogP contribution < -0.4 is 10.2 Å². The monoisotopic (exact) mass is 398 g/mol. The van der Waals surface area contributed by atoms with Crippen molar-refractivity contribution in [3.8, 4) is 0 Å². The average molecular weight is 399 g/mol. The number of pyridine rings is 1. The molecule has 1 aromatic carbocycles. The molecule has 1 saturated heterocycles. The van der Waals surface area contributed by atoms with Crippen LogP contribution in [0.5, 0.6) is 0 Å². The Morgan fingerprint density at radius 1 is 1.11 bits per heavy atom. The number of aromatic nitrogens is 2. The number of amides is 1. The van der Waals surface area contributed by atoms with E-state index in [9.17, 15) is 4.79 Å². The van der Waals surface area contributed by atoms with Crippen molar-refractivity contribution < 1.29 is 4.79 Å². The summed E-state index contributed by atoms with van der Waals surface area (Å²) in [5.74, 6) is 0.0714. The molecular weight excluding hydrogens is 380 g/mol. The molecule has 3 heterocycles. The lowest BCUT2D eigenvalue weighted by atomic mass is 9.74. The summed E-state index contributed by atoms with van der Waals surface area (Å²) in [6, 6.07) is 11.6. The Kier molecular flexibility index (Phi) is 5.09. The highest BCUT2D eigenvalue weighted by atomic mass is 35.5. The van der Waals surface area contributed by atoms with Gasteiger partial charge in [0.15, 0.2) is 5.13 Å². The van der Waals surface area contributed by atoms with Gasteiger partial charge in [-0.2, -0.15) is 0 Å². The van der Waals surface area contributed by atoms with Gasteiger partial charge < -0.3 is 10.2 Å². The number of rotatable bonds is 6. The van der Waals surface area contributed by atoms with Gasteiger partial charge in [-0.25, -0.2) is 4.98 Å². The van der Waals surface area contributed by atoms with Crippen LogP contribution in [0, 0.1) is 5.41 Å². The van der Waals surface area contributed by atoms with Gasteiger partial charge in [-0.05, 0) is 41.8 Å². The Morgan fingerprint density at radius 3 is 2.52 bits per heavy atom.